The Labute approximate surface area is 91.2 Å². The lowest BCUT2D eigenvalue weighted by molar-refractivity contribution is -0.0719. The zero-order chi connectivity index (χ0) is 11.3. The molecule has 4 unspecified atom stereocenters. The largest absolute Gasteiger partial charge is 0.375 e. The van der Waals surface area contributed by atoms with Crippen molar-refractivity contribution >= 4 is 0 Å². The van der Waals surface area contributed by atoms with Crippen molar-refractivity contribution in [2.45, 2.75) is 64.4 Å². The summed E-state index contributed by atoms with van der Waals surface area (Å²) in [5.41, 5.74) is 0. The fourth-order valence-electron chi connectivity index (χ4n) is 2.03. The topological polar surface area (TPSA) is 9.23 Å². The molecule has 1 nitrogen and oxygen atoms in total. The highest BCUT2D eigenvalue weighted by molar-refractivity contribution is 4.87. The van der Waals surface area contributed by atoms with Crippen molar-refractivity contribution < 1.29 is 13.5 Å². The maximum absolute atomic E-state index is 13.5. The van der Waals surface area contributed by atoms with Gasteiger partial charge in [-0.1, -0.05) is 26.7 Å². The van der Waals surface area contributed by atoms with Crippen molar-refractivity contribution in [2.75, 3.05) is 6.61 Å². The fraction of sp³-hybridized carbons (Fsp3) is 1.00. The molecule has 15 heavy (non-hydrogen) atoms. The van der Waals surface area contributed by atoms with Crippen LogP contribution in [0.2, 0.25) is 0 Å². The molecule has 1 aliphatic carbocycles. The fourth-order valence-corrected chi connectivity index (χ4v) is 2.03. The van der Waals surface area contributed by atoms with Gasteiger partial charge in [0.15, 0.2) is 6.17 Å². The van der Waals surface area contributed by atoms with Gasteiger partial charge < -0.3 is 4.74 Å². The van der Waals surface area contributed by atoms with Crippen LogP contribution >= 0.6 is 0 Å². The molecule has 1 rings (SSSR count). The first-order valence-electron chi connectivity index (χ1n) is 6.06. The summed E-state index contributed by atoms with van der Waals surface area (Å²) in [7, 11) is 0. The summed E-state index contributed by atoms with van der Waals surface area (Å²) in [5, 5.41) is 0. The smallest absolute Gasteiger partial charge is 0.157 e. The Morgan fingerprint density at radius 2 is 1.87 bits per heavy atom. The van der Waals surface area contributed by atoms with Gasteiger partial charge in [0, 0.05) is 6.61 Å². The lowest BCUT2D eigenvalue weighted by Crippen LogP contribution is -2.41. The molecule has 90 valence electrons. The standard InChI is InChI=1S/C12H22F2O/c1-3-4-5-8-15-10-7-6-9(2)11(13)12(10)14/h9-12H,3-8H2,1-2H3. The van der Waals surface area contributed by atoms with Crippen molar-refractivity contribution in [2.24, 2.45) is 5.92 Å². The number of hydrogen-bond donors (Lipinski definition) is 0. The summed E-state index contributed by atoms with van der Waals surface area (Å²) in [6.45, 7) is 4.45. The van der Waals surface area contributed by atoms with E-state index in [4.69, 9.17) is 4.74 Å². The summed E-state index contributed by atoms with van der Waals surface area (Å²) in [6, 6.07) is 0. The van der Waals surface area contributed by atoms with Crippen LogP contribution < -0.4 is 0 Å². The van der Waals surface area contributed by atoms with Crippen LogP contribution in [0, 0.1) is 5.92 Å². The summed E-state index contributed by atoms with van der Waals surface area (Å²) in [6.07, 6.45) is 1.30. The molecular weight excluding hydrogens is 198 g/mol. The Balaban J connectivity index is 2.23. The van der Waals surface area contributed by atoms with Crippen LogP contribution in [0.1, 0.15) is 46.0 Å². The predicted octanol–water partition coefficient (Wildman–Crippen LogP) is 3.67. The van der Waals surface area contributed by atoms with Gasteiger partial charge in [-0.2, -0.15) is 0 Å². The minimum atomic E-state index is -1.42. The molecule has 0 amide bonds. The second kappa shape index (κ2) is 6.41. The van der Waals surface area contributed by atoms with Crippen molar-refractivity contribution in [1.29, 1.82) is 0 Å². The Morgan fingerprint density at radius 1 is 1.13 bits per heavy atom. The molecule has 0 saturated heterocycles. The summed E-state index contributed by atoms with van der Waals surface area (Å²) in [5.74, 6) is -0.157. The van der Waals surface area contributed by atoms with E-state index >= 15 is 0 Å². The minimum absolute atomic E-state index is 0.157. The highest BCUT2D eigenvalue weighted by Crippen LogP contribution is 2.31. The van der Waals surface area contributed by atoms with E-state index in [0.29, 0.717) is 13.0 Å². The molecular formula is C12H22F2O. The van der Waals surface area contributed by atoms with Gasteiger partial charge in [0.1, 0.15) is 6.17 Å². The summed E-state index contributed by atoms with van der Waals surface area (Å²) in [4.78, 5) is 0. The van der Waals surface area contributed by atoms with Crippen LogP contribution in [0.15, 0.2) is 0 Å². The molecule has 0 radical (unpaired) electrons. The second-order valence-corrected chi connectivity index (χ2v) is 4.56. The Kier molecular flexibility index (Phi) is 5.51. The Hall–Kier alpha value is -0.180. The van der Waals surface area contributed by atoms with Crippen LogP contribution in [0.3, 0.4) is 0 Å². The molecule has 0 bridgehead atoms. The maximum atomic E-state index is 13.5. The average molecular weight is 220 g/mol. The van der Waals surface area contributed by atoms with E-state index in [1.165, 1.54) is 0 Å². The molecule has 1 fully saturated rings. The van der Waals surface area contributed by atoms with E-state index < -0.39 is 18.4 Å². The van der Waals surface area contributed by atoms with Crippen LogP contribution in [0.4, 0.5) is 8.78 Å². The molecule has 1 aliphatic rings. The molecule has 0 N–H and O–H groups in total. The number of unbranched alkanes of at least 4 members (excludes halogenated alkanes) is 2. The van der Waals surface area contributed by atoms with E-state index in [-0.39, 0.29) is 5.92 Å². The van der Waals surface area contributed by atoms with Gasteiger partial charge in [-0.3, -0.25) is 0 Å². The Morgan fingerprint density at radius 3 is 2.53 bits per heavy atom. The second-order valence-electron chi connectivity index (χ2n) is 4.56. The molecule has 0 spiro atoms. The zero-order valence-electron chi connectivity index (χ0n) is 9.72. The molecule has 0 aromatic rings. The van der Waals surface area contributed by atoms with Crippen LogP contribution in [-0.4, -0.2) is 25.1 Å². The molecule has 3 heteroatoms. The third kappa shape index (κ3) is 3.71. The Bertz CT molecular complexity index is 175. The minimum Gasteiger partial charge on any atom is -0.375 e. The number of halogens is 2. The summed E-state index contributed by atoms with van der Waals surface area (Å²) < 4.78 is 32.2. The van der Waals surface area contributed by atoms with Gasteiger partial charge in [0.25, 0.3) is 0 Å². The molecule has 4 atom stereocenters. The van der Waals surface area contributed by atoms with Crippen LogP contribution in [0.25, 0.3) is 0 Å². The number of ether oxygens (including phenoxy) is 1. The van der Waals surface area contributed by atoms with Gasteiger partial charge in [-0.25, -0.2) is 8.78 Å². The van der Waals surface area contributed by atoms with Gasteiger partial charge in [-0.15, -0.1) is 0 Å². The third-order valence-electron chi connectivity index (χ3n) is 3.19. The zero-order valence-corrected chi connectivity index (χ0v) is 9.72. The number of rotatable bonds is 5. The lowest BCUT2D eigenvalue weighted by atomic mass is 9.85. The van der Waals surface area contributed by atoms with Gasteiger partial charge >= 0.3 is 0 Å². The normalized spacial score (nSPS) is 36.8. The van der Waals surface area contributed by atoms with Crippen molar-refractivity contribution in [3.63, 3.8) is 0 Å². The van der Waals surface area contributed by atoms with Crippen molar-refractivity contribution in [3.05, 3.63) is 0 Å². The first kappa shape index (κ1) is 12.9. The highest BCUT2D eigenvalue weighted by atomic mass is 19.2. The van der Waals surface area contributed by atoms with Crippen LogP contribution in [0.5, 0.6) is 0 Å². The molecule has 0 aromatic heterocycles. The van der Waals surface area contributed by atoms with Crippen molar-refractivity contribution in [3.8, 4) is 0 Å². The molecule has 0 aromatic carbocycles. The van der Waals surface area contributed by atoms with Gasteiger partial charge in [0.05, 0.1) is 6.10 Å². The monoisotopic (exact) mass is 220 g/mol. The van der Waals surface area contributed by atoms with E-state index in [2.05, 4.69) is 6.92 Å². The average Bonchev–Trinajstić information content (AvgIpc) is 2.24. The van der Waals surface area contributed by atoms with Gasteiger partial charge in [0.2, 0.25) is 0 Å². The maximum Gasteiger partial charge on any atom is 0.157 e. The number of hydrogen-bond acceptors (Lipinski definition) is 1. The van der Waals surface area contributed by atoms with E-state index in [1.807, 2.05) is 0 Å². The number of alkyl halides is 2. The third-order valence-corrected chi connectivity index (χ3v) is 3.19. The molecule has 1 saturated carbocycles. The summed E-state index contributed by atoms with van der Waals surface area (Å²) >= 11 is 0. The van der Waals surface area contributed by atoms with Gasteiger partial charge in [-0.05, 0) is 25.2 Å². The predicted molar refractivity (Wildman–Crippen MR) is 57.5 cm³/mol. The van der Waals surface area contributed by atoms with E-state index in [1.54, 1.807) is 6.92 Å². The first-order chi connectivity index (χ1) is 7.16. The lowest BCUT2D eigenvalue weighted by Gasteiger charge is -2.32. The first-order valence-corrected chi connectivity index (χ1v) is 6.06. The highest BCUT2D eigenvalue weighted by Gasteiger charge is 2.38. The van der Waals surface area contributed by atoms with E-state index in [0.717, 1.165) is 25.7 Å². The van der Waals surface area contributed by atoms with Crippen molar-refractivity contribution in [1.82, 2.24) is 0 Å². The quantitative estimate of drug-likeness (QED) is 0.642. The molecule has 0 aliphatic heterocycles. The van der Waals surface area contributed by atoms with E-state index in [9.17, 15) is 8.78 Å². The molecule has 0 heterocycles. The SMILES string of the molecule is CCCCCOC1CCC(C)C(F)C1F. The van der Waals surface area contributed by atoms with Crippen LogP contribution in [-0.2, 0) is 4.74 Å².